The van der Waals surface area contributed by atoms with Gasteiger partial charge in [0.1, 0.15) is 0 Å². The number of alkyl halides is 5. The number of nitrogens with zero attached hydrogens (tertiary/aromatic N) is 5. The van der Waals surface area contributed by atoms with Gasteiger partial charge in [-0.15, -0.1) is 0 Å². The highest BCUT2D eigenvalue weighted by atomic mass is 32.2. The van der Waals surface area contributed by atoms with E-state index in [1.165, 1.54) is 18.2 Å². The van der Waals surface area contributed by atoms with Crippen LogP contribution >= 0.6 is 11.8 Å². The number of amides is 1. The lowest BCUT2D eigenvalue weighted by Crippen LogP contribution is -2.72. The molecule has 0 unspecified atom stereocenters. The second-order valence-electron chi connectivity index (χ2n) is 10.6. The van der Waals surface area contributed by atoms with E-state index in [9.17, 15) is 31.9 Å². The van der Waals surface area contributed by atoms with E-state index in [4.69, 9.17) is 0 Å². The van der Waals surface area contributed by atoms with Gasteiger partial charge in [0.05, 0.1) is 29.1 Å². The molecule has 1 spiro atoms. The number of pyridine rings is 2. The number of carbonyl (C=O) groups is 1. The van der Waals surface area contributed by atoms with Crippen LogP contribution in [0.15, 0.2) is 65.8 Å². The van der Waals surface area contributed by atoms with Gasteiger partial charge in [0.25, 0.3) is 11.7 Å². The summed E-state index contributed by atoms with van der Waals surface area (Å²) in [6.45, 7) is 0.747. The van der Waals surface area contributed by atoms with Crippen LogP contribution in [0.5, 0.6) is 0 Å². The van der Waals surface area contributed by atoms with Gasteiger partial charge in [-0.05, 0) is 55.3 Å². The molecule has 0 bridgehead atoms. The first kappa shape index (κ1) is 28.2. The highest BCUT2D eigenvalue weighted by Crippen LogP contribution is 2.59. The molecule has 2 fully saturated rings. The highest BCUT2D eigenvalue weighted by molar-refractivity contribution is 7.99. The molecule has 0 radical (unpaired) electrons. The minimum atomic E-state index is -4.64. The summed E-state index contributed by atoms with van der Waals surface area (Å²) in [5, 5.41) is 13.3. The number of rotatable bonds is 7. The van der Waals surface area contributed by atoms with E-state index in [0.717, 1.165) is 5.39 Å². The fourth-order valence-corrected chi connectivity index (χ4v) is 6.10. The normalized spacial score (nSPS) is 17.3. The number of anilines is 1. The van der Waals surface area contributed by atoms with Gasteiger partial charge in [0.15, 0.2) is 5.60 Å². The van der Waals surface area contributed by atoms with Gasteiger partial charge in [-0.3, -0.25) is 9.78 Å². The van der Waals surface area contributed by atoms with E-state index in [2.05, 4.69) is 25.3 Å². The number of thioether (sulfide) groups is 1. The van der Waals surface area contributed by atoms with Crippen molar-refractivity contribution in [1.29, 1.82) is 0 Å². The largest absolute Gasteiger partial charge is 0.417 e. The molecule has 1 aliphatic heterocycles. The molecule has 8 nitrogen and oxygen atoms in total. The predicted octanol–water partition coefficient (Wildman–Crippen LogP) is 5.23. The van der Waals surface area contributed by atoms with Crippen LogP contribution in [0, 0.1) is 5.41 Å². The Kier molecular flexibility index (Phi) is 7.00. The zero-order valence-corrected chi connectivity index (χ0v) is 22.6. The molecule has 1 saturated carbocycles. The van der Waals surface area contributed by atoms with Crippen molar-refractivity contribution in [1.82, 2.24) is 25.3 Å². The Morgan fingerprint density at radius 2 is 1.81 bits per heavy atom. The lowest BCUT2D eigenvalue weighted by Gasteiger charge is -2.62. The van der Waals surface area contributed by atoms with E-state index in [-0.39, 0.29) is 29.8 Å². The molecular weight excluding hydrogens is 579 g/mol. The zero-order valence-electron chi connectivity index (χ0n) is 21.8. The molecule has 1 amide bonds. The van der Waals surface area contributed by atoms with Crippen LogP contribution in [0.3, 0.4) is 0 Å². The van der Waals surface area contributed by atoms with E-state index < -0.39 is 28.9 Å². The Morgan fingerprint density at radius 3 is 2.55 bits per heavy atom. The maximum atomic E-state index is 13.0. The van der Waals surface area contributed by atoms with E-state index in [1.807, 2.05) is 6.07 Å². The van der Waals surface area contributed by atoms with Crippen molar-refractivity contribution in [2.75, 3.05) is 18.0 Å². The Bertz CT molecular complexity index is 1660. The molecule has 4 heterocycles. The molecule has 1 aromatic carbocycles. The minimum absolute atomic E-state index is 0.0880. The number of hydrogen-bond acceptors (Lipinski definition) is 8. The van der Waals surface area contributed by atoms with Crippen molar-refractivity contribution in [3.05, 3.63) is 72.2 Å². The molecule has 218 valence electrons. The summed E-state index contributed by atoms with van der Waals surface area (Å²) in [6.07, 6.45) is -2.11. The fourth-order valence-electron chi connectivity index (χ4n) is 5.55. The average Bonchev–Trinajstić information content (AvgIpc) is 2.91. The van der Waals surface area contributed by atoms with Crippen LogP contribution in [0.2, 0.25) is 0 Å². The number of nitrogens with one attached hydrogen (secondary N) is 1. The van der Waals surface area contributed by atoms with Gasteiger partial charge < -0.3 is 15.3 Å². The smallest absolute Gasteiger partial charge is 0.380 e. The van der Waals surface area contributed by atoms with Gasteiger partial charge >= 0.3 is 6.18 Å². The Labute approximate surface area is 240 Å². The molecule has 0 atom stereocenters. The average molecular weight is 603 g/mol. The van der Waals surface area contributed by atoms with Crippen molar-refractivity contribution in [3.8, 4) is 11.4 Å². The van der Waals surface area contributed by atoms with Crippen molar-refractivity contribution in [2.24, 2.45) is 5.41 Å². The van der Waals surface area contributed by atoms with Gasteiger partial charge in [0, 0.05) is 46.7 Å². The second-order valence-corrected chi connectivity index (χ2v) is 11.7. The molecule has 1 aliphatic carbocycles. The van der Waals surface area contributed by atoms with Crippen LogP contribution in [-0.4, -0.2) is 61.6 Å². The third-order valence-electron chi connectivity index (χ3n) is 7.48. The molecule has 4 aromatic rings. The zero-order chi connectivity index (χ0) is 29.7. The summed E-state index contributed by atoms with van der Waals surface area (Å²) in [5.74, 6) is -2.64. The van der Waals surface area contributed by atoms with Crippen molar-refractivity contribution < 1.29 is 31.9 Å². The Balaban J connectivity index is 1.12. The summed E-state index contributed by atoms with van der Waals surface area (Å²) in [6, 6.07) is 13.0. The molecule has 1 saturated heterocycles. The summed E-state index contributed by atoms with van der Waals surface area (Å²) in [7, 11) is 0. The number of hydrogen-bond donors (Lipinski definition) is 2. The van der Waals surface area contributed by atoms with Crippen LogP contribution in [-0.2, 0) is 6.54 Å². The van der Waals surface area contributed by atoms with Gasteiger partial charge in [-0.25, -0.2) is 15.0 Å². The third kappa shape index (κ3) is 5.48. The first-order valence-corrected chi connectivity index (χ1v) is 13.8. The fraction of sp³-hybridized carbons (Fsp3) is 0.321. The summed E-state index contributed by atoms with van der Waals surface area (Å²) in [4.78, 5) is 32.5. The maximum absolute atomic E-state index is 13.0. The number of carbonyl (C=O) groups excluding carboxylic acids is 1. The van der Waals surface area contributed by atoms with E-state index >= 15 is 0 Å². The molecule has 2 N–H and O–H groups in total. The standard InChI is InChI=1S/C28H23F5N6O2S/c29-24(30)42-19-3-1-2-16(8-19)23(40)36-11-18-9-22-17(10-35-18)4-5-20(37-22)21-6-7-34-25(38-21)39-14-26(15-39)12-27(41,13-26)28(31,32)33/h1-10,24,41H,11-15H2,(H,36,40). The lowest BCUT2D eigenvalue weighted by atomic mass is 9.55. The maximum Gasteiger partial charge on any atom is 0.417 e. The highest BCUT2D eigenvalue weighted by Gasteiger charge is 2.70. The predicted molar refractivity (Wildman–Crippen MR) is 145 cm³/mol. The molecule has 14 heteroatoms. The number of aliphatic hydroxyl groups is 1. The minimum Gasteiger partial charge on any atom is -0.380 e. The monoisotopic (exact) mass is 602 g/mol. The second kappa shape index (κ2) is 10.4. The topological polar surface area (TPSA) is 104 Å². The molecule has 42 heavy (non-hydrogen) atoms. The van der Waals surface area contributed by atoms with Gasteiger partial charge in [-0.1, -0.05) is 17.8 Å². The number of benzene rings is 1. The summed E-state index contributed by atoms with van der Waals surface area (Å²) < 4.78 is 64.5. The SMILES string of the molecule is O=C(NCc1cc2nc(-c3ccnc(N4CC5(C4)CC(O)(C(F)(F)F)C5)n3)ccc2cn1)c1cccc(SC(F)F)c1. The van der Waals surface area contributed by atoms with Crippen molar-refractivity contribution in [3.63, 3.8) is 0 Å². The summed E-state index contributed by atoms with van der Waals surface area (Å²) in [5.41, 5.74) is -0.741. The molecule has 2 aliphatic rings. The number of fused-ring (bicyclic) bond motifs is 1. The quantitative estimate of drug-likeness (QED) is 0.219. The van der Waals surface area contributed by atoms with E-state index in [0.29, 0.717) is 53.4 Å². The van der Waals surface area contributed by atoms with Gasteiger partial charge in [0.2, 0.25) is 5.95 Å². The van der Waals surface area contributed by atoms with Crippen LogP contribution in [0.4, 0.5) is 27.9 Å². The molecular formula is C28H23F5N6O2S. The lowest BCUT2D eigenvalue weighted by molar-refractivity contribution is -0.319. The van der Waals surface area contributed by atoms with E-state index in [1.54, 1.807) is 41.6 Å². The third-order valence-corrected chi connectivity index (χ3v) is 8.19. The van der Waals surface area contributed by atoms with Gasteiger partial charge in [-0.2, -0.15) is 22.0 Å². The number of halogens is 5. The van der Waals surface area contributed by atoms with Crippen molar-refractivity contribution >= 4 is 34.5 Å². The molecule has 3 aromatic heterocycles. The first-order chi connectivity index (χ1) is 19.9. The van der Waals surface area contributed by atoms with Crippen LogP contribution in [0.25, 0.3) is 22.3 Å². The van der Waals surface area contributed by atoms with Crippen molar-refractivity contribution in [2.45, 2.75) is 41.8 Å². The Morgan fingerprint density at radius 1 is 1.05 bits per heavy atom. The Hall–Kier alpha value is -3.91. The summed E-state index contributed by atoms with van der Waals surface area (Å²) >= 11 is 0.364. The van der Waals surface area contributed by atoms with Crippen LogP contribution in [0.1, 0.15) is 28.9 Å². The first-order valence-electron chi connectivity index (χ1n) is 12.9. The van der Waals surface area contributed by atoms with Crippen LogP contribution < -0.4 is 10.2 Å². The molecule has 6 rings (SSSR count). The number of aromatic nitrogens is 4.